The predicted molar refractivity (Wildman–Crippen MR) is 90.3 cm³/mol. The van der Waals surface area contributed by atoms with Crippen LogP contribution < -0.4 is 0 Å². The first-order valence-corrected chi connectivity index (χ1v) is 8.96. The minimum absolute atomic E-state index is 0.0623. The van der Waals surface area contributed by atoms with Crippen molar-refractivity contribution in [3.63, 3.8) is 0 Å². The smallest absolute Gasteiger partial charge is 0.266 e. The summed E-state index contributed by atoms with van der Waals surface area (Å²) in [6.07, 6.45) is -4.11. The van der Waals surface area contributed by atoms with E-state index < -0.39 is 22.2 Å². The van der Waals surface area contributed by atoms with E-state index in [1.807, 2.05) is 0 Å². The molecule has 2 aromatic carbocycles. The van der Waals surface area contributed by atoms with Crippen LogP contribution in [0.15, 0.2) is 71.8 Å². The third-order valence-corrected chi connectivity index (χ3v) is 5.53. The van der Waals surface area contributed by atoms with Crippen LogP contribution in [0.2, 0.25) is 0 Å². The van der Waals surface area contributed by atoms with E-state index in [0.29, 0.717) is 11.8 Å². The van der Waals surface area contributed by atoms with E-state index in [4.69, 9.17) is 0 Å². The molecule has 1 atom stereocenters. The largest absolute Gasteiger partial charge is 0.411 e. The highest BCUT2D eigenvalue weighted by molar-refractivity contribution is 7.89. The molecule has 0 fully saturated rings. The molecule has 0 spiro atoms. The molecule has 2 rings (SSSR count). The topological polar surface area (TPSA) is 37.4 Å². The van der Waals surface area contributed by atoms with Crippen LogP contribution in [0.1, 0.15) is 24.1 Å². The summed E-state index contributed by atoms with van der Waals surface area (Å²) in [6, 6.07) is 13.7. The van der Waals surface area contributed by atoms with Gasteiger partial charge in [-0.2, -0.15) is 13.2 Å². The van der Waals surface area contributed by atoms with Gasteiger partial charge in [-0.05, 0) is 31.5 Å². The van der Waals surface area contributed by atoms with Crippen LogP contribution in [0.5, 0.6) is 0 Å². The van der Waals surface area contributed by atoms with Crippen LogP contribution in [0.4, 0.5) is 13.2 Å². The van der Waals surface area contributed by atoms with Gasteiger partial charge in [-0.25, -0.2) is 8.42 Å². The average molecular weight is 369 g/mol. The van der Waals surface area contributed by atoms with Crippen LogP contribution in [0, 0.1) is 6.92 Å². The third kappa shape index (κ3) is 4.85. The molecule has 0 heterocycles. The van der Waals surface area contributed by atoms with Crippen LogP contribution in [0.25, 0.3) is 0 Å². The molecule has 0 aliphatic rings. The lowest BCUT2D eigenvalue weighted by Gasteiger charge is -2.28. The first-order valence-electron chi connectivity index (χ1n) is 7.52. The lowest BCUT2D eigenvalue weighted by atomic mass is 10.1. The Labute approximate surface area is 145 Å². The summed E-state index contributed by atoms with van der Waals surface area (Å²) in [6.45, 7) is 3.34. The molecule has 2 aromatic rings. The number of benzene rings is 2. The Balaban J connectivity index is 2.50. The fourth-order valence-corrected chi connectivity index (χ4v) is 3.77. The van der Waals surface area contributed by atoms with Crippen LogP contribution >= 0.6 is 0 Å². The number of rotatable bonds is 5. The minimum Gasteiger partial charge on any atom is -0.266 e. The highest BCUT2D eigenvalue weighted by Gasteiger charge is 2.30. The van der Waals surface area contributed by atoms with Crippen molar-refractivity contribution in [2.45, 2.75) is 31.0 Å². The zero-order valence-electron chi connectivity index (χ0n) is 13.7. The van der Waals surface area contributed by atoms with Gasteiger partial charge in [0, 0.05) is 12.3 Å². The van der Waals surface area contributed by atoms with Crippen molar-refractivity contribution >= 4 is 10.0 Å². The lowest BCUT2D eigenvalue weighted by molar-refractivity contribution is -0.0805. The van der Waals surface area contributed by atoms with Crippen molar-refractivity contribution in [1.82, 2.24) is 4.31 Å². The SMILES string of the molecule is Cc1ccc(S(=O)(=O)N(/C=C\C(F)(F)F)C(C)c2ccccc2)cc1. The quantitative estimate of drug-likeness (QED) is 0.758. The van der Waals surface area contributed by atoms with E-state index in [1.54, 1.807) is 56.3 Å². The van der Waals surface area contributed by atoms with E-state index in [-0.39, 0.29) is 11.0 Å². The molecule has 0 aromatic heterocycles. The van der Waals surface area contributed by atoms with Gasteiger partial charge in [-0.3, -0.25) is 4.31 Å². The monoisotopic (exact) mass is 369 g/mol. The van der Waals surface area contributed by atoms with Crippen molar-refractivity contribution in [3.05, 3.63) is 78.0 Å². The summed E-state index contributed by atoms with van der Waals surface area (Å²) >= 11 is 0. The zero-order chi connectivity index (χ0) is 18.7. The summed E-state index contributed by atoms with van der Waals surface area (Å²) in [5.41, 5.74) is 1.44. The second-order valence-corrected chi connectivity index (χ2v) is 7.44. The first kappa shape index (κ1) is 19.1. The Kier molecular flexibility index (Phi) is 5.57. The second kappa shape index (κ2) is 7.31. The number of allylic oxidation sites excluding steroid dienone is 1. The molecular weight excluding hydrogens is 351 g/mol. The molecule has 0 aliphatic carbocycles. The van der Waals surface area contributed by atoms with Gasteiger partial charge in [-0.1, -0.05) is 48.0 Å². The molecule has 3 nitrogen and oxygen atoms in total. The molecule has 0 amide bonds. The van der Waals surface area contributed by atoms with Crippen molar-refractivity contribution in [2.24, 2.45) is 0 Å². The molecular formula is C18H18F3NO2S. The highest BCUT2D eigenvalue weighted by Crippen LogP contribution is 2.29. The van der Waals surface area contributed by atoms with Gasteiger partial charge >= 0.3 is 6.18 Å². The van der Waals surface area contributed by atoms with E-state index in [2.05, 4.69) is 0 Å². The summed E-state index contributed by atoms with van der Waals surface area (Å²) in [5.74, 6) is 0. The minimum atomic E-state index is -4.61. The maximum absolute atomic E-state index is 12.9. The number of hydrogen-bond donors (Lipinski definition) is 0. The summed E-state index contributed by atoms with van der Waals surface area (Å²) < 4.78 is 64.4. The van der Waals surface area contributed by atoms with Gasteiger partial charge in [0.15, 0.2) is 0 Å². The molecule has 7 heteroatoms. The predicted octanol–water partition coefficient (Wildman–Crippen LogP) is 4.82. The van der Waals surface area contributed by atoms with Crippen molar-refractivity contribution in [1.29, 1.82) is 0 Å². The molecule has 0 N–H and O–H groups in total. The van der Waals surface area contributed by atoms with Crippen molar-refractivity contribution < 1.29 is 21.6 Å². The van der Waals surface area contributed by atoms with Gasteiger partial charge in [0.1, 0.15) is 0 Å². The summed E-state index contributed by atoms with van der Waals surface area (Å²) in [4.78, 5) is -0.0623. The Bertz CT molecular complexity index is 829. The highest BCUT2D eigenvalue weighted by atomic mass is 32.2. The second-order valence-electron chi connectivity index (χ2n) is 5.59. The standard InChI is InChI=1S/C18H18F3NO2S/c1-14-8-10-17(11-9-14)25(23,24)22(13-12-18(19,20)21)15(2)16-6-4-3-5-7-16/h3-13,15H,1-2H3/b13-12-. The zero-order valence-corrected chi connectivity index (χ0v) is 14.6. The molecule has 134 valence electrons. The van der Waals surface area contributed by atoms with E-state index in [0.717, 1.165) is 9.87 Å². The van der Waals surface area contributed by atoms with Crippen molar-refractivity contribution in [3.8, 4) is 0 Å². The Hall–Kier alpha value is -2.28. The normalized spacial score (nSPS) is 13.8. The number of hydrogen-bond acceptors (Lipinski definition) is 2. The maximum Gasteiger partial charge on any atom is 0.411 e. The van der Waals surface area contributed by atoms with Gasteiger partial charge in [0.05, 0.1) is 10.9 Å². The number of halogens is 3. The Morgan fingerprint density at radius 1 is 1.00 bits per heavy atom. The molecule has 0 aliphatic heterocycles. The van der Waals surface area contributed by atoms with Crippen LogP contribution in [-0.2, 0) is 10.0 Å². The fourth-order valence-electron chi connectivity index (χ4n) is 2.29. The first-order chi connectivity index (χ1) is 11.6. The van der Waals surface area contributed by atoms with E-state index >= 15 is 0 Å². The number of aryl methyl sites for hydroxylation is 1. The maximum atomic E-state index is 12.9. The summed E-state index contributed by atoms with van der Waals surface area (Å²) in [5, 5.41) is 0. The Morgan fingerprint density at radius 3 is 2.08 bits per heavy atom. The average Bonchev–Trinajstić information content (AvgIpc) is 2.54. The van der Waals surface area contributed by atoms with Crippen LogP contribution in [-0.4, -0.2) is 18.9 Å². The summed E-state index contributed by atoms with van der Waals surface area (Å²) in [7, 11) is -4.14. The van der Waals surface area contributed by atoms with Gasteiger partial charge in [0.25, 0.3) is 10.0 Å². The van der Waals surface area contributed by atoms with E-state index in [9.17, 15) is 21.6 Å². The van der Waals surface area contributed by atoms with Crippen LogP contribution in [0.3, 0.4) is 0 Å². The molecule has 25 heavy (non-hydrogen) atoms. The molecule has 0 bridgehead atoms. The number of sulfonamides is 1. The third-order valence-electron chi connectivity index (χ3n) is 3.67. The molecule has 0 saturated carbocycles. The molecule has 0 radical (unpaired) electrons. The number of alkyl halides is 3. The molecule has 0 saturated heterocycles. The van der Waals surface area contributed by atoms with Gasteiger partial charge in [-0.15, -0.1) is 0 Å². The Morgan fingerprint density at radius 2 is 1.56 bits per heavy atom. The van der Waals surface area contributed by atoms with Crippen molar-refractivity contribution in [2.75, 3.05) is 0 Å². The van der Waals surface area contributed by atoms with Gasteiger partial charge < -0.3 is 0 Å². The lowest BCUT2D eigenvalue weighted by Crippen LogP contribution is -2.29. The molecule has 1 unspecified atom stereocenters. The van der Waals surface area contributed by atoms with Gasteiger partial charge in [0.2, 0.25) is 0 Å². The fraction of sp³-hybridized carbons (Fsp3) is 0.222. The number of nitrogens with zero attached hydrogens (tertiary/aromatic N) is 1. The van der Waals surface area contributed by atoms with E-state index in [1.165, 1.54) is 12.1 Å².